The molecular weight excluding hydrogens is 298 g/mol. The van der Waals surface area contributed by atoms with E-state index in [9.17, 15) is 4.79 Å². The highest BCUT2D eigenvalue weighted by Gasteiger charge is 2.40. The third-order valence-corrected chi connectivity index (χ3v) is 5.35. The second-order valence-electron chi connectivity index (χ2n) is 6.82. The maximum Gasteiger partial charge on any atom is 0.169 e. The van der Waals surface area contributed by atoms with Gasteiger partial charge in [-0.1, -0.05) is 0 Å². The van der Waals surface area contributed by atoms with Crippen molar-refractivity contribution in [2.75, 3.05) is 33.5 Å². The Morgan fingerprint density at radius 1 is 0.826 bits per heavy atom. The average molecular weight is 327 g/mol. The summed E-state index contributed by atoms with van der Waals surface area (Å²) in [5, 5.41) is 3.30. The third-order valence-electron chi connectivity index (χ3n) is 5.35. The second-order valence-corrected chi connectivity index (χ2v) is 6.82. The van der Waals surface area contributed by atoms with E-state index < -0.39 is 0 Å². The minimum Gasteiger partial charge on any atom is -0.348 e. The summed E-state index contributed by atoms with van der Waals surface area (Å²) in [4.78, 5) is 10.9. The van der Waals surface area contributed by atoms with Crippen LogP contribution in [0.4, 0.5) is 0 Å². The van der Waals surface area contributed by atoms with Crippen LogP contribution in [-0.4, -0.2) is 56.9 Å². The summed E-state index contributed by atoms with van der Waals surface area (Å²) >= 11 is 0. The van der Waals surface area contributed by atoms with Crippen molar-refractivity contribution in [2.24, 2.45) is 0 Å². The lowest BCUT2D eigenvalue weighted by Crippen LogP contribution is -2.40. The summed E-state index contributed by atoms with van der Waals surface area (Å²) < 4.78 is 22.2. The summed E-state index contributed by atoms with van der Waals surface area (Å²) in [5.41, 5.74) is 0. The fourth-order valence-corrected chi connectivity index (χ4v) is 3.83. The zero-order valence-electron chi connectivity index (χ0n) is 14.1. The highest BCUT2D eigenvalue weighted by atomic mass is 16.7. The van der Waals surface area contributed by atoms with Crippen molar-refractivity contribution in [3.05, 3.63) is 0 Å². The number of carbonyl (C=O) groups is 1. The zero-order chi connectivity index (χ0) is 16.2. The van der Waals surface area contributed by atoms with Crippen LogP contribution in [0.2, 0.25) is 0 Å². The van der Waals surface area contributed by atoms with E-state index >= 15 is 0 Å². The maximum atomic E-state index is 10.9. The fourth-order valence-electron chi connectivity index (χ4n) is 3.83. The molecule has 0 unspecified atom stereocenters. The van der Waals surface area contributed by atoms with Crippen LogP contribution in [0.3, 0.4) is 0 Å². The van der Waals surface area contributed by atoms with Crippen molar-refractivity contribution in [3.8, 4) is 0 Å². The molecule has 2 heterocycles. The largest absolute Gasteiger partial charge is 0.348 e. The molecule has 4 aliphatic rings. The van der Waals surface area contributed by atoms with Gasteiger partial charge in [0.2, 0.25) is 0 Å². The van der Waals surface area contributed by atoms with E-state index in [1.807, 2.05) is 7.05 Å². The number of hydrogen-bond acceptors (Lipinski definition) is 6. The third kappa shape index (κ3) is 4.31. The molecule has 0 atom stereocenters. The summed E-state index contributed by atoms with van der Waals surface area (Å²) in [7, 11) is 2.03. The molecule has 0 aromatic rings. The monoisotopic (exact) mass is 327 g/mol. The number of Topliss-reactive ketones (excluding diaryl/α,β-unsaturated/α-hetero) is 1. The Morgan fingerprint density at radius 2 is 1.26 bits per heavy atom. The predicted octanol–water partition coefficient (Wildman–Crippen LogP) is 1.76. The molecule has 23 heavy (non-hydrogen) atoms. The molecule has 132 valence electrons. The molecule has 0 radical (unpaired) electrons. The van der Waals surface area contributed by atoms with Crippen molar-refractivity contribution in [1.82, 2.24) is 5.32 Å². The van der Waals surface area contributed by atoms with Gasteiger partial charge in [0.05, 0.1) is 26.4 Å². The van der Waals surface area contributed by atoms with E-state index in [0.717, 1.165) is 38.9 Å². The summed E-state index contributed by atoms with van der Waals surface area (Å²) in [6.45, 7) is 2.94. The summed E-state index contributed by atoms with van der Waals surface area (Å²) in [6.07, 6.45) is 7.22. The molecule has 2 saturated carbocycles. The Labute approximate surface area is 138 Å². The van der Waals surface area contributed by atoms with Gasteiger partial charge in [0.1, 0.15) is 5.78 Å². The van der Waals surface area contributed by atoms with E-state index in [1.54, 1.807) is 0 Å². The summed E-state index contributed by atoms with van der Waals surface area (Å²) in [6, 6.07) is 0.670. The highest BCUT2D eigenvalue weighted by Crippen LogP contribution is 2.35. The molecule has 4 rings (SSSR count). The second kappa shape index (κ2) is 7.57. The van der Waals surface area contributed by atoms with Gasteiger partial charge >= 0.3 is 0 Å². The minimum atomic E-state index is -0.367. The van der Waals surface area contributed by atoms with Crippen LogP contribution >= 0.6 is 0 Å². The Morgan fingerprint density at radius 3 is 1.70 bits per heavy atom. The van der Waals surface area contributed by atoms with Gasteiger partial charge in [0.25, 0.3) is 0 Å². The number of hydrogen-bond donors (Lipinski definition) is 1. The number of rotatable bonds is 1. The molecule has 6 heteroatoms. The van der Waals surface area contributed by atoms with Gasteiger partial charge in [-0.05, 0) is 19.9 Å². The van der Waals surface area contributed by atoms with Crippen LogP contribution in [0.25, 0.3) is 0 Å². The van der Waals surface area contributed by atoms with Crippen LogP contribution in [0.1, 0.15) is 51.4 Å². The van der Waals surface area contributed by atoms with E-state index in [1.165, 1.54) is 12.8 Å². The standard InChI is InChI=1S/C9H17NO2.C8H12O3/c1-10-8-2-4-9(5-3-8)11-6-7-12-9;9-7-1-3-8(4-2-7)10-5-6-11-8/h8,10H,2-7H2,1H3;1-6H2. The molecule has 2 aliphatic carbocycles. The quantitative estimate of drug-likeness (QED) is 0.792. The van der Waals surface area contributed by atoms with E-state index in [-0.39, 0.29) is 11.6 Å². The molecule has 0 aromatic heterocycles. The molecule has 0 aromatic carbocycles. The SMILES string of the molecule is CNC1CCC2(CC1)OCCO2.O=C1CCC2(CC1)OCCO2. The lowest BCUT2D eigenvalue weighted by atomic mass is 9.90. The average Bonchev–Trinajstić information content (AvgIpc) is 3.23. The van der Waals surface area contributed by atoms with Crippen molar-refractivity contribution in [2.45, 2.75) is 69.0 Å². The van der Waals surface area contributed by atoms with E-state index in [2.05, 4.69) is 5.32 Å². The minimum absolute atomic E-state index is 0.187. The topological polar surface area (TPSA) is 66.0 Å². The Balaban J connectivity index is 0.000000136. The predicted molar refractivity (Wildman–Crippen MR) is 84.1 cm³/mol. The Kier molecular flexibility index (Phi) is 5.69. The number of carbonyl (C=O) groups excluding carboxylic acids is 1. The highest BCUT2D eigenvalue weighted by molar-refractivity contribution is 5.79. The van der Waals surface area contributed by atoms with Crippen molar-refractivity contribution in [3.63, 3.8) is 0 Å². The molecule has 6 nitrogen and oxygen atoms in total. The first-order valence-corrected chi connectivity index (χ1v) is 8.90. The van der Waals surface area contributed by atoms with Crippen LogP contribution in [0.15, 0.2) is 0 Å². The first-order chi connectivity index (χ1) is 11.2. The molecule has 2 spiro atoms. The van der Waals surface area contributed by atoms with Crippen LogP contribution in [-0.2, 0) is 23.7 Å². The number of ether oxygens (including phenoxy) is 4. The van der Waals surface area contributed by atoms with Crippen molar-refractivity contribution < 1.29 is 23.7 Å². The maximum absolute atomic E-state index is 10.9. The lowest BCUT2D eigenvalue weighted by molar-refractivity contribution is -0.179. The van der Waals surface area contributed by atoms with Gasteiger partial charge in [-0.25, -0.2) is 0 Å². The van der Waals surface area contributed by atoms with Gasteiger partial charge in [0.15, 0.2) is 11.6 Å². The molecular formula is C17H29NO5. The van der Waals surface area contributed by atoms with Crippen molar-refractivity contribution >= 4 is 5.78 Å². The van der Waals surface area contributed by atoms with Gasteiger partial charge < -0.3 is 24.3 Å². The zero-order valence-corrected chi connectivity index (χ0v) is 14.1. The fraction of sp³-hybridized carbons (Fsp3) is 0.941. The van der Waals surface area contributed by atoms with E-state index in [0.29, 0.717) is 37.9 Å². The number of nitrogens with one attached hydrogen (secondary N) is 1. The molecule has 0 amide bonds. The Bertz CT molecular complexity index is 380. The van der Waals surface area contributed by atoms with Crippen LogP contribution < -0.4 is 5.32 Å². The smallest absolute Gasteiger partial charge is 0.169 e. The molecule has 4 fully saturated rings. The first kappa shape index (κ1) is 17.3. The van der Waals surface area contributed by atoms with Gasteiger partial charge in [-0.15, -0.1) is 0 Å². The van der Waals surface area contributed by atoms with Gasteiger partial charge in [-0.2, -0.15) is 0 Å². The molecule has 1 N–H and O–H groups in total. The first-order valence-electron chi connectivity index (χ1n) is 8.90. The summed E-state index contributed by atoms with van der Waals surface area (Å²) in [5.74, 6) is -0.212. The molecule has 0 bridgehead atoms. The van der Waals surface area contributed by atoms with E-state index in [4.69, 9.17) is 18.9 Å². The van der Waals surface area contributed by atoms with Gasteiger partial charge in [-0.3, -0.25) is 4.79 Å². The Hall–Kier alpha value is -0.530. The van der Waals surface area contributed by atoms with Crippen LogP contribution in [0.5, 0.6) is 0 Å². The van der Waals surface area contributed by atoms with Gasteiger partial charge in [0, 0.05) is 44.6 Å². The van der Waals surface area contributed by atoms with Crippen molar-refractivity contribution in [1.29, 1.82) is 0 Å². The normalized spacial score (nSPS) is 29.7. The van der Waals surface area contributed by atoms with Crippen LogP contribution in [0, 0.1) is 0 Å². The lowest BCUT2D eigenvalue weighted by Gasteiger charge is -2.35. The molecule has 2 saturated heterocycles. The molecule has 2 aliphatic heterocycles. The number of ketones is 1.